The molecule has 2 unspecified atom stereocenters. The zero-order valence-corrected chi connectivity index (χ0v) is 17.5. The van der Waals surface area contributed by atoms with Crippen molar-refractivity contribution in [2.45, 2.75) is 52.4 Å². The fraction of sp³-hybridized carbons (Fsp3) is 0.370. The summed E-state index contributed by atoms with van der Waals surface area (Å²) in [7, 11) is 0. The van der Waals surface area contributed by atoms with Crippen molar-refractivity contribution in [3.05, 3.63) is 94.6 Å². The number of hydrogen-bond donors (Lipinski definition) is 0. The Bertz CT molecular complexity index is 863. The second-order valence-electron chi connectivity index (χ2n) is 8.75. The van der Waals surface area contributed by atoms with Gasteiger partial charge in [0.2, 0.25) is 0 Å². The summed E-state index contributed by atoms with van der Waals surface area (Å²) >= 11 is 0. The van der Waals surface area contributed by atoms with Crippen molar-refractivity contribution in [3.8, 4) is 6.07 Å². The van der Waals surface area contributed by atoms with Gasteiger partial charge in [-0.25, -0.2) is 0 Å². The summed E-state index contributed by atoms with van der Waals surface area (Å²) in [5, 5.41) is 9.61. The molecule has 1 aliphatic rings. The van der Waals surface area contributed by atoms with Crippen molar-refractivity contribution in [2.75, 3.05) is 0 Å². The first kappa shape index (κ1) is 20.2. The predicted octanol–water partition coefficient (Wildman–Crippen LogP) is 6.95. The summed E-state index contributed by atoms with van der Waals surface area (Å²) in [6, 6.07) is 17.5. The summed E-state index contributed by atoms with van der Waals surface area (Å²) in [6.45, 7) is 9.04. The van der Waals surface area contributed by atoms with Gasteiger partial charge in [-0.15, -0.1) is 0 Å². The standard InChI is InChI=1S/C27H31N/c1-19(2)14-23-16-21(18-28)17-24(15-20(3)4)27(23)26-13-9-8-12-25(26)22-10-6-5-7-11-22/h5-13,16-17,19-20,25-26H,14-15H2,1-4H3. The Morgan fingerprint density at radius 1 is 0.821 bits per heavy atom. The van der Waals surface area contributed by atoms with E-state index in [1.807, 2.05) is 0 Å². The first-order valence-electron chi connectivity index (χ1n) is 10.4. The topological polar surface area (TPSA) is 23.8 Å². The van der Waals surface area contributed by atoms with Crippen molar-refractivity contribution in [3.63, 3.8) is 0 Å². The summed E-state index contributed by atoms with van der Waals surface area (Å²) < 4.78 is 0. The minimum atomic E-state index is 0.308. The van der Waals surface area contributed by atoms with Crippen LogP contribution in [0.5, 0.6) is 0 Å². The molecular weight excluding hydrogens is 338 g/mol. The SMILES string of the molecule is CC(C)Cc1cc(C#N)cc(CC(C)C)c1C1C=CC=CC1c1ccccc1. The Morgan fingerprint density at radius 3 is 1.86 bits per heavy atom. The highest BCUT2D eigenvalue weighted by Gasteiger charge is 2.27. The van der Waals surface area contributed by atoms with Crippen LogP contribution in [0.25, 0.3) is 0 Å². The summed E-state index contributed by atoms with van der Waals surface area (Å²) in [6.07, 6.45) is 11.0. The molecule has 0 fully saturated rings. The Labute approximate surface area is 170 Å². The number of benzene rings is 2. The van der Waals surface area contributed by atoms with Crippen LogP contribution < -0.4 is 0 Å². The Balaban J connectivity index is 2.17. The van der Waals surface area contributed by atoms with Crippen molar-refractivity contribution in [2.24, 2.45) is 11.8 Å². The van der Waals surface area contributed by atoms with Crippen LogP contribution in [-0.4, -0.2) is 0 Å². The highest BCUT2D eigenvalue weighted by atomic mass is 14.3. The number of allylic oxidation sites excluding steroid dienone is 4. The van der Waals surface area contributed by atoms with Crippen LogP contribution in [0.1, 0.15) is 67.3 Å². The van der Waals surface area contributed by atoms with Gasteiger partial charge in [-0.2, -0.15) is 5.26 Å². The van der Waals surface area contributed by atoms with Crippen molar-refractivity contribution in [1.29, 1.82) is 5.26 Å². The molecule has 0 amide bonds. The molecule has 28 heavy (non-hydrogen) atoms. The maximum absolute atomic E-state index is 9.61. The van der Waals surface area contributed by atoms with E-state index in [1.54, 1.807) is 0 Å². The largest absolute Gasteiger partial charge is 0.192 e. The third-order valence-electron chi connectivity index (χ3n) is 5.39. The molecule has 0 heterocycles. The number of nitrogens with zero attached hydrogens (tertiary/aromatic N) is 1. The van der Waals surface area contributed by atoms with E-state index < -0.39 is 0 Å². The molecule has 2 aromatic carbocycles. The van der Waals surface area contributed by atoms with Gasteiger partial charge in [0.05, 0.1) is 11.6 Å². The average Bonchev–Trinajstić information content (AvgIpc) is 2.67. The monoisotopic (exact) mass is 369 g/mol. The van der Waals surface area contributed by atoms with Crippen LogP contribution in [0.3, 0.4) is 0 Å². The number of nitriles is 1. The van der Waals surface area contributed by atoms with Crippen LogP contribution >= 0.6 is 0 Å². The highest BCUT2D eigenvalue weighted by Crippen LogP contribution is 2.42. The highest BCUT2D eigenvalue weighted by molar-refractivity contribution is 5.51. The summed E-state index contributed by atoms with van der Waals surface area (Å²) in [4.78, 5) is 0. The fourth-order valence-corrected chi connectivity index (χ4v) is 4.37. The lowest BCUT2D eigenvalue weighted by molar-refractivity contribution is 0.611. The molecule has 2 aromatic rings. The van der Waals surface area contributed by atoms with Crippen molar-refractivity contribution >= 4 is 0 Å². The minimum absolute atomic E-state index is 0.308. The van der Waals surface area contributed by atoms with Gasteiger partial charge < -0.3 is 0 Å². The minimum Gasteiger partial charge on any atom is -0.192 e. The van der Waals surface area contributed by atoms with Gasteiger partial charge in [0.15, 0.2) is 0 Å². The van der Waals surface area contributed by atoms with Gasteiger partial charge in [0.1, 0.15) is 0 Å². The van der Waals surface area contributed by atoms with Crippen molar-refractivity contribution < 1.29 is 0 Å². The molecule has 0 aromatic heterocycles. The normalized spacial score (nSPS) is 18.6. The second-order valence-corrected chi connectivity index (χ2v) is 8.75. The zero-order chi connectivity index (χ0) is 20.1. The molecule has 3 rings (SSSR count). The predicted molar refractivity (Wildman–Crippen MR) is 118 cm³/mol. The first-order valence-corrected chi connectivity index (χ1v) is 10.4. The van der Waals surface area contributed by atoms with Crippen LogP contribution in [0.2, 0.25) is 0 Å². The molecule has 0 N–H and O–H groups in total. The van der Waals surface area contributed by atoms with E-state index in [-0.39, 0.29) is 0 Å². The molecule has 0 aliphatic heterocycles. The van der Waals surface area contributed by atoms with Gasteiger partial charge in [-0.05, 0) is 59.1 Å². The molecule has 1 aliphatic carbocycles. The van der Waals surface area contributed by atoms with Crippen molar-refractivity contribution in [1.82, 2.24) is 0 Å². The summed E-state index contributed by atoms with van der Waals surface area (Å²) in [5.74, 6) is 1.74. The molecule has 2 atom stereocenters. The maximum atomic E-state index is 9.61. The Hall–Kier alpha value is -2.59. The third kappa shape index (κ3) is 4.63. The molecule has 0 radical (unpaired) electrons. The Kier molecular flexibility index (Phi) is 6.53. The molecule has 0 bridgehead atoms. The molecule has 0 spiro atoms. The van der Waals surface area contributed by atoms with Crippen LogP contribution in [0.15, 0.2) is 66.8 Å². The van der Waals surface area contributed by atoms with Gasteiger partial charge >= 0.3 is 0 Å². The van der Waals surface area contributed by atoms with Gasteiger partial charge in [0.25, 0.3) is 0 Å². The first-order chi connectivity index (χ1) is 13.5. The second kappa shape index (κ2) is 9.07. The van der Waals surface area contributed by atoms with Gasteiger partial charge in [-0.3, -0.25) is 0 Å². The number of rotatable bonds is 6. The zero-order valence-electron chi connectivity index (χ0n) is 17.5. The van der Waals surface area contributed by atoms with Crippen LogP contribution in [0.4, 0.5) is 0 Å². The lowest BCUT2D eigenvalue weighted by atomic mass is 9.73. The maximum Gasteiger partial charge on any atom is 0.0991 e. The molecule has 1 heteroatoms. The third-order valence-corrected chi connectivity index (χ3v) is 5.39. The van der Waals surface area contributed by atoms with Crippen LogP contribution in [0, 0.1) is 23.2 Å². The van der Waals surface area contributed by atoms with E-state index in [4.69, 9.17) is 0 Å². The Morgan fingerprint density at radius 2 is 1.36 bits per heavy atom. The van der Waals surface area contributed by atoms with Gasteiger partial charge in [0, 0.05) is 11.8 Å². The molecule has 1 nitrogen and oxygen atoms in total. The van der Waals surface area contributed by atoms with E-state index in [1.165, 1.54) is 22.3 Å². The molecule has 144 valence electrons. The number of hydrogen-bond acceptors (Lipinski definition) is 1. The average molecular weight is 370 g/mol. The molecule has 0 saturated carbocycles. The van der Waals surface area contributed by atoms with E-state index >= 15 is 0 Å². The molecular formula is C27H31N. The van der Waals surface area contributed by atoms with E-state index in [2.05, 4.69) is 101 Å². The lowest BCUT2D eigenvalue weighted by Gasteiger charge is -2.30. The van der Waals surface area contributed by atoms with E-state index in [0.717, 1.165) is 18.4 Å². The van der Waals surface area contributed by atoms with E-state index in [0.29, 0.717) is 23.7 Å². The van der Waals surface area contributed by atoms with Crippen LogP contribution in [-0.2, 0) is 12.8 Å². The summed E-state index contributed by atoms with van der Waals surface area (Å²) in [5.41, 5.74) is 6.27. The quantitative estimate of drug-likeness (QED) is 0.540. The molecule has 0 saturated heterocycles. The fourth-order valence-electron chi connectivity index (χ4n) is 4.37. The van der Waals surface area contributed by atoms with Gasteiger partial charge in [-0.1, -0.05) is 82.3 Å². The lowest BCUT2D eigenvalue weighted by Crippen LogP contribution is -2.16. The van der Waals surface area contributed by atoms with E-state index in [9.17, 15) is 5.26 Å². The smallest absolute Gasteiger partial charge is 0.0991 e.